The number of hydrogen-bond donors (Lipinski definition) is 0. The Morgan fingerprint density at radius 1 is 1.11 bits per heavy atom. The van der Waals surface area contributed by atoms with Gasteiger partial charge in [-0.25, -0.2) is 0 Å². The van der Waals surface area contributed by atoms with E-state index < -0.39 is 6.04 Å². The van der Waals surface area contributed by atoms with E-state index in [9.17, 15) is 9.59 Å². The van der Waals surface area contributed by atoms with Crippen LogP contribution in [0.2, 0.25) is 5.02 Å². The number of halogens is 1. The van der Waals surface area contributed by atoms with Crippen molar-refractivity contribution < 1.29 is 18.8 Å². The lowest BCUT2D eigenvalue weighted by Gasteiger charge is -2.32. The Bertz CT molecular complexity index is 830. The zero-order chi connectivity index (χ0) is 18.8. The fourth-order valence-corrected chi connectivity index (χ4v) is 3.66. The van der Waals surface area contributed by atoms with Crippen molar-refractivity contribution in [3.8, 4) is 11.3 Å². The molecule has 8 heteroatoms. The number of carbonyl (C=O) groups excluding carboxylic acids is 2. The van der Waals surface area contributed by atoms with Crippen molar-refractivity contribution in [2.45, 2.75) is 18.9 Å². The Labute approximate surface area is 161 Å². The van der Waals surface area contributed by atoms with E-state index in [1.54, 1.807) is 40.1 Å². The monoisotopic (exact) mass is 389 g/mol. The van der Waals surface area contributed by atoms with E-state index in [1.807, 2.05) is 0 Å². The van der Waals surface area contributed by atoms with Crippen molar-refractivity contribution in [1.29, 1.82) is 0 Å². The standard InChI is InChI=1S/C19H20ClN3O4/c20-14-5-3-13(4-6-14)17-12-15(21-27-17)18(24)23-7-1-2-16(23)19(25)22-8-10-26-11-9-22/h3-6,12,16H,1-2,7-11H2/t16-/m1/s1. The van der Waals surface area contributed by atoms with Crippen LogP contribution in [0.4, 0.5) is 0 Å². The van der Waals surface area contributed by atoms with Crippen LogP contribution in [0.3, 0.4) is 0 Å². The van der Waals surface area contributed by atoms with Gasteiger partial charge < -0.3 is 19.1 Å². The third kappa shape index (κ3) is 3.70. The average Bonchev–Trinajstić information content (AvgIpc) is 3.38. The number of carbonyl (C=O) groups is 2. The van der Waals surface area contributed by atoms with Gasteiger partial charge in [-0.1, -0.05) is 16.8 Å². The van der Waals surface area contributed by atoms with Crippen LogP contribution in [0.15, 0.2) is 34.9 Å². The lowest BCUT2D eigenvalue weighted by molar-refractivity contribution is -0.139. The summed E-state index contributed by atoms with van der Waals surface area (Å²) in [7, 11) is 0. The molecular formula is C19H20ClN3O4. The first-order valence-corrected chi connectivity index (χ1v) is 9.41. The fraction of sp³-hybridized carbons (Fsp3) is 0.421. The van der Waals surface area contributed by atoms with Crippen LogP contribution in [0.1, 0.15) is 23.3 Å². The first kappa shape index (κ1) is 18.0. The number of nitrogens with zero attached hydrogens (tertiary/aromatic N) is 3. The number of benzene rings is 1. The molecule has 4 rings (SSSR count). The van der Waals surface area contributed by atoms with Crippen LogP contribution in [0, 0.1) is 0 Å². The maximum Gasteiger partial charge on any atom is 0.276 e. The second-order valence-electron chi connectivity index (χ2n) is 6.68. The number of hydrogen-bond acceptors (Lipinski definition) is 5. The first-order valence-electron chi connectivity index (χ1n) is 9.03. The molecule has 1 aromatic carbocycles. The molecule has 0 aliphatic carbocycles. The summed E-state index contributed by atoms with van der Waals surface area (Å²) < 4.78 is 10.6. The Kier molecular flexibility index (Phi) is 5.13. The van der Waals surface area contributed by atoms with Gasteiger partial charge in [0.05, 0.1) is 13.2 Å². The largest absolute Gasteiger partial charge is 0.378 e. The van der Waals surface area contributed by atoms with E-state index in [2.05, 4.69) is 5.16 Å². The van der Waals surface area contributed by atoms with Gasteiger partial charge in [0, 0.05) is 36.3 Å². The molecular weight excluding hydrogens is 370 g/mol. The highest BCUT2D eigenvalue weighted by Gasteiger charge is 2.38. The molecule has 1 atom stereocenters. The molecule has 0 N–H and O–H groups in total. The molecule has 0 unspecified atom stereocenters. The molecule has 2 aliphatic rings. The SMILES string of the molecule is O=C([C@H]1CCCN1C(=O)c1cc(-c2ccc(Cl)cc2)on1)N1CCOCC1. The molecule has 1 aromatic heterocycles. The van der Waals surface area contributed by atoms with Crippen molar-refractivity contribution in [3.05, 3.63) is 41.0 Å². The fourth-order valence-electron chi connectivity index (χ4n) is 3.53. The highest BCUT2D eigenvalue weighted by Crippen LogP contribution is 2.26. The third-order valence-electron chi connectivity index (χ3n) is 4.98. The molecule has 142 valence electrons. The van der Waals surface area contributed by atoms with Crippen LogP contribution in [0.5, 0.6) is 0 Å². The Morgan fingerprint density at radius 3 is 2.59 bits per heavy atom. The summed E-state index contributed by atoms with van der Waals surface area (Å²) in [6, 6.07) is 8.28. The van der Waals surface area contributed by atoms with E-state index in [0.29, 0.717) is 50.1 Å². The van der Waals surface area contributed by atoms with Crippen molar-refractivity contribution in [2.24, 2.45) is 0 Å². The lowest BCUT2D eigenvalue weighted by atomic mass is 10.1. The number of rotatable bonds is 3. The van der Waals surface area contributed by atoms with Gasteiger partial charge in [-0.3, -0.25) is 9.59 Å². The third-order valence-corrected chi connectivity index (χ3v) is 5.23. The van der Waals surface area contributed by atoms with Gasteiger partial charge in [0.1, 0.15) is 6.04 Å². The first-order chi connectivity index (χ1) is 13.1. The maximum absolute atomic E-state index is 12.9. The van der Waals surface area contributed by atoms with Gasteiger partial charge in [0.25, 0.3) is 5.91 Å². The molecule has 0 radical (unpaired) electrons. The summed E-state index contributed by atoms with van der Waals surface area (Å²) in [5.74, 6) is 0.207. The summed E-state index contributed by atoms with van der Waals surface area (Å²) in [6.07, 6.45) is 1.47. The van der Waals surface area contributed by atoms with E-state index >= 15 is 0 Å². The quantitative estimate of drug-likeness (QED) is 0.806. The molecule has 3 heterocycles. The Morgan fingerprint density at radius 2 is 1.85 bits per heavy atom. The summed E-state index contributed by atoms with van der Waals surface area (Å²) >= 11 is 5.90. The van der Waals surface area contributed by atoms with Crippen LogP contribution in [-0.4, -0.2) is 65.7 Å². The smallest absolute Gasteiger partial charge is 0.276 e. The van der Waals surface area contributed by atoms with Gasteiger partial charge in [0.2, 0.25) is 5.91 Å². The highest BCUT2D eigenvalue weighted by molar-refractivity contribution is 6.30. The van der Waals surface area contributed by atoms with E-state index in [-0.39, 0.29) is 17.5 Å². The predicted molar refractivity (Wildman–Crippen MR) is 98.4 cm³/mol. The van der Waals surface area contributed by atoms with Gasteiger partial charge in [-0.2, -0.15) is 0 Å². The predicted octanol–water partition coefficient (Wildman–Crippen LogP) is 2.46. The minimum absolute atomic E-state index is 0.00873. The van der Waals surface area contributed by atoms with Gasteiger partial charge in [-0.15, -0.1) is 0 Å². The van der Waals surface area contributed by atoms with Crippen LogP contribution in [0.25, 0.3) is 11.3 Å². The second kappa shape index (κ2) is 7.70. The van der Waals surface area contributed by atoms with Gasteiger partial charge >= 0.3 is 0 Å². The molecule has 0 bridgehead atoms. The molecule has 2 saturated heterocycles. The molecule has 7 nitrogen and oxygen atoms in total. The molecule has 27 heavy (non-hydrogen) atoms. The summed E-state index contributed by atoms with van der Waals surface area (Å²) in [5, 5.41) is 4.54. The van der Waals surface area contributed by atoms with Crippen LogP contribution in [-0.2, 0) is 9.53 Å². The number of aromatic nitrogens is 1. The molecule has 2 amide bonds. The summed E-state index contributed by atoms with van der Waals surface area (Å²) in [5.41, 5.74) is 0.995. The normalized spacial score (nSPS) is 20.1. The second-order valence-corrected chi connectivity index (χ2v) is 7.11. The molecule has 0 spiro atoms. The highest BCUT2D eigenvalue weighted by atomic mass is 35.5. The Hall–Kier alpha value is -2.38. The molecule has 2 fully saturated rings. The van der Waals surface area contributed by atoms with E-state index in [1.165, 1.54) is 0 Å². The van der Waals surface area contributed by atoms with Crippen LogP contribution >= 0.6 is 11.6 Å². The molecule has 2 aromatic rings. The zero-order valence-electron chi connectivity index (χ0n) is 14.8. The molecule has 2 aliphatic heterocycles. The van der Waals surface area contributed by atoms with Crippen LogP contribution < -0.4 is 0 Å². The van der Waals surface area contributed by atoms with E-state index in [0.717, 1.165) is 12.0 Å². The topological polar surface area (TPSA) is 75.9 Å². The molecule has 0 saturated carbocycles. The van der Waals surface area contributed by atoms with Crippen molar-refractivity contribution >= 4 is 23.4 Å². The van der Waals surface area contributed by atoms with Crippen molar-refractivity contribution in [1.82, 2.24) is 15.0 Å². The van der Waals surface area contributed by atoms with Crippen molar-refractivity contribution in [2.75, 3.05) is 32.8 Å². The maximum atomic E-state index is 12.9. The van der Waals surface area contributed by atoms with Crippen molar-refractivity contribution in [3.63, 3.8) is 0 Å². The number of likely N-dealkylation sites (tertiary alicyclic amines) is 1. The minimum Gasteiger partial charge on any atom is -0.378 e. The summed E-state index contributed by atoms with van der Waals surface area (Å²) in [6.45, 7) is 2.77. The zero-order valence-corrected chi connectivity index (χ0v) is 15.5. The number of morpholine rings is 1. The van der Waals surface area contributed by atoms with E-state index in [4.69, 9.17) is 20.9 Å². The minimum atomic E-state index is -0.439. The average molecular weight is 390 g/mol. The van der Waals surface area contributed by atoms with Gasteiger partial charge in [0.15, 0.2) is 11.5 Å². The lowest BCUT2D eigenvalue weighted by Crippen LogP contribution is -2.51. The summed E-state index contributed by atoms with van der Waals surface area (Å²) in [4.78, 5) is 29.1. The number of ether oxygens (including phenoxy) is 1. The Balaban J connectivity index is 1.50. The number of amides is 2. The van der Waals surface area contributed by atoms with Gasteiger partial charge in [-0.05, 0) is 37.1 Å².